The highest BCUT2D eigenvalue weighted by Gasteiger charge is 2.42. The van der Waals surface area contributed by atoms with Crippen LogP contribution in [0, 0.1) is 34.9 Å². The summed E-state index contributed by atoms with van der Waals surface area (Å²) in [5.74, 6) is -11.6. The third kappa shape index (κ3) is 12.8. The van der Waals surface area contributed by atoms with Gasteiger partial charge in [-0.15, -0.1) is 0 Å². The van der Waals surface area contributed by atoms with Gasteiger partial charge >= 0.3 is 6.18 Å². The van der Waals surface area contributed by atoms with Crippen LogP contribution < -0.4 is 26.2 Å². The fraction of sp³-hybridized carbons (Fsp3) is 0.365. The zero-order chi connectivity index (χ0) is 56.0. The van der Waals surface area contributed by atoms with Gasteiger partial charge in [-0.25, -0.2) is 35.1 Å². The number of carbonyl (C=O) groups is 5. The van der Waals surface area contributed by atoms with Crippen LogP contribution in [0.15, 0.2) is 76.6 Å². The lowest BCUT2D eigenvalue weighted by Gasteiger charge is -2.37. The molecule has 3 N–H and O–H groups in total. The second-order valence-corrected chi connectivity index (χ2v) is 18.1. The van der Waals surface area contributed by atoms with Gasteiger partial charge in [0.25, 0.3) is 23.6 Å². The van der Waals surface area contributed by atoms with Crippen LogP contribution in [0.25, 0.3) is 0 Å². The molecule has 0 radical (unpaired) electrons. The highest BCUT2D eigenvalue weighted by atomic mass is 19.4. The van der Waals surface area contributed by atoms with Crippen molar-refractivity contribution in [3.63, 3.8) is 0 Å². The van der Waals surface area contributed by atoms with Gasteiger partial charge in [-0.3, -0.25) is 33.6 Å². The zero-order valence-corrected chi connectivity index (χ0v) is 40.1. The summed E-state index contributed by atoms with van der Waals surface area (Å²) in [4.78, 5) is 89.7. The van der Waals surface area contributed by atoms with Gasteiger partial charge in [-0.05, 0) is 44.1 Å². The Kier molecular flexibility index (Phi) is 18.9. The van der Waals surface area contributed by atoms with Crippen molar-refractivity contribution in [1.82, 2.24) is 29.6 Å². The molecule has 2 fully saturated rings. The Morgan fingerprint density at radius 1 is 0.654 bits per heavy atom. The molecule has 3 aromatic carbocycles. The van der Waals surface area contributed by atoms with E-state index in [-0.39, 0.29) is 56.3 Å². The van der Waals surface area contributed by atoms with E-state index in [2.05, 4.69) is 10.6 Å². The number of nitrogens with zero attached hydrogens (tertiary/aromatic N) is 4. The van der Waals surface area contributed by atoms with Gasteiger partial charge in [0.05, 0.1) is 24.2 Å². The number of rotatable bonds is 11. The molecule has 9 rings (SSSR count). The monoisotopic (exact) mass is 1110 g/mol. The van der Waals surface area contributed by atoms with Crippen LogP contribution in [-0.4, -0.2) is 98.7 Å². The molecule has 418 valence electrons. The number of fused-ring (bicyclic) bond motifs is 8. The lowest BCUT2D eigenvalue weighted by molar-refractivity contribution is -0.156. The lowest BCUT2D eigenvalue weighted by Crippen LogP contribution is -2.49. The first-order chi connectivity index (χ1) is 36.6. The van der Waals surface area contributed by atoms with E-state index in [1.54, 1.807) is 30.3 Å². The fourth-order valence-corrected chi connectivity index (χ4v) is 9.39. The smallest absolute Gasteiger partial charge is 0.446 e. The van der Waals surface area contributed by atoms with E-state index in [0.717, 1.165) is 6.20 Å². The van der Waals surface area contributed by atoms with Crippen molar-refractivity contribution in [1.29, 1.82) is 0 Å². The van der Waals surface area contributed by atoms with Crippen molar-refractivity contribution in [3.8, 4) is 11.5 Å². The van der Waals surface area contributed by atoms with Gasteiger partial charge in [-0.2, -0.15) is 13.2 Å². The van der Waals surface area contributed by atoms with Gasteiger partial charge < -0.3 is 39.4 Å². The number of pyridine rings is 2. The molecule has 4 aliphatic heterocycles. The maximum absolute atomic E-state index is 14.1. The molecule has 0 aliphatic carbocycles. The molecule has 4 atom stereocenters. The van der Waals surface area contributed by atoms with Crippen molar-refractivity contribution in [3.05, 3.63) is 162 Å². The minimum absolute atomic E-state index is 0. The van der Waals surface area contributed by atoms with Crippen LogP contribution >= 0.6 is 0 Å². The molecule has 2 saturated heterocycles. The average molecular weight is 1110 g/mol. The number of alkyl halides is 5. The van der Waals surface area contributed by atoms with Gasteiger partial charge in [-0.1, -0.05) is 37.8 Å². The standard InChI is InChI=1S/C28H25F4N3O4.C21H19F4N3O4.C2HF3O.CH4/c29-11-18-7-4-8-19-13-35(18)28(38)24-26(39-15-16-5-2-1-3-6-16)25(36)21(14-34(19)24)27(37)33-12-20-22(31)9-17(30)10-23(20)32;22-6-11-2-1-3-12-8-28(11)21(32)17-19(30)18(29)14(9-27(12)17)20(31)26-7-13-15(24)4-10(23)5-16(13)25;3-2(4,5)1-6;/h1-3,5-6,9-10,14,18-19H,4,7-8,11-13,15H2,(H,33,37);4-5,9,11-12,30H,1-3,6-8H2,(H,26,31);1H;1H4/t18-,19+;11-,12+;;/m11../s1. The van der Waals surface area contributed by atoms with Gasteiger partial charge in [0.1, 0.15) is 66.0 Å². The summed E-state index contributed by atoms with van der Waals surface area (Å²) in [6.45, 7) is -2.51. The summed E-state index contributed by atoms with van der Waals surface area (Å²) in [5, 5.41) is 14.9. The summed E-state index contributed by atoms with van der Waals surface area (Å²) >= 11 is 0. The Balaban J connectivity index is 0.000000229. The molecule has 4 bridgehead atoms. The molecule has 5 aromatic rings. The molecule has 4 aliphatic rings. The Bertz CT molecular complexity index is 3170. The summed E-state index contributed by atoms with van der Waals surface area (Å²) < 4.78 is 149. The lowest BCUT2D eigenvalue weighted by atomic mass is 10.1. The fourth-order valence-electron chi connectivity index (χ4n) is 9.39. The first-order valence-electron chi connectivity index (χ1n) is 23.6. The minimum atomic E-state index is -4.64. The van der Waals surface area contributed by atoms with E-state index in [0.29, 0.717) is 68.4 Å². The van der Waals surface area contributed by atoms with Gasteiger partial charge in [0.2, 0.25) is 17.1 Å². The number of ether oxygens (including phenoxy) is 1. The predicted octanol–water partition coefficient (Wildman–Crippen LogP) is 8.10. The van der Waals surface area contributed by atoms with Crippen molar-refractivity contribution in [2.24, 2.45) is 0 Å². The average Bonchev–Trinajstić information content (AvgIpc) is 3.82. The number of hydrogen-bond donors (Lipinski definition) is 3. The predicted molar refractivity (Wildman–Crippen MR) is 255 cm³/mol. The zero-order valence-electron chi connectivity index (χ0n) is 40.1. The number of halogens is 11. The number of benzene rings is 3. The highest BCUT2D eigenvalue weighted by molar-refractivity contribution is 6.00. The van der Waals surface area contributed by atoms with Crippen LogP contribution in [0.2, 0.25) is 0 Å². The second-order valence-electron chi connectivity index (χ2n) is 18.1. The molecule has 4 amide bonds. The first-order valence-corrected chi connectivity index (χ1v) is 23.6. The molecule has 0 saturated carbocycles. The molecule has 78 heavy (non-hydrogen) atoms. The summed E-state index contributed by atoms with van der Waals surface area (Å²) in [7, 11) is 0. The van der Waals surface area contributed by atoms with E-state index in [1.165, 1.54) is 25.1 Å². The Morgan fingerprint density at radius 2 is 1.06 bits per heavy atom. The number of carbonyl (C=O) groups excluding carboxylic acids is 5. The van der Waals surface area contributed by atoms with Crippen molar-refractivity contribution >= 4 is 29.9 Å². The second kappa shape index (κ2) is 24.9. The SMILES string of the molecule is C.O=C(NCc1c(F)cc(F)cc1F)c1cn2c(c(O)c1=O)C(=O)N1C[C@@H]2CCC[C@@H]1CF.O=C(NCc1c(F)cc(F)cc1F)c1cn2c(c(OCc3ccccc3)c1=O)C(=O)N1C[C@@H]2CCC[C@@H]1CF.O=CC(F)(F)F. The number of aromatic hydroxyl groups is 1. The normalized spacial score (nSPS) is 18.2. The van der Waals surface area contributed by atoms with E-state index in [9.17, 15) is 82.2 Å². The maximum atomic E-state index is 14.1. The number of hydrogen-bond acceptors (Lipinski definition) is 9. The molecule has 0 spiro atoms. The van der Waals surface area contributed by atoms with Crippen LogP contribution in [-0.2, 0) is 24.5 Å². The van der Waals surface area contributed by atoms with Crippen molar-refractivity contribution in [2.75, 3.05) is 26.4 Å². The number of aldehydes is 1. The topological polar surface area (TPSA) is 189 Å². The van der Waals surface area contributed by atoms with Crippen LogP contribution in [0.5, 0.6) is 11.5 Å². The molecule has 2 aromatic heterocycles. The van der Waals surface area contributed by atoms with E-state index in [4.69, 9.17) is 9.53 Å². The van der Waals surface area contributed by atoms with Crippen LogP contribution in [0.1, 0.15) is 116 Å². The Morgan fingerprint density at radius 3 is 1.49 bits per heavy atom. The number of amides is 4. The summed E-state index contributed by atoms with van der Waals surface area (Å²) in [6, 6.07) is 8.75. The third-order valence-corrected chi connectivity index (χ3v) is 13.2. The Labute approximate surface area is 436 Å². The minimum Gasteiger partial charge on any atom is -0.503 e. The highest BCUT2D eigenvalue weighted by Crippen LogP contribution is 2.37. The van der Waals surface area contributed by atoms with E-state index >= 15 is 0 Å². The largest absolute Gasteiger partial charge is 0.503 e. The van der Waals surface area contributed by atoms with Crippen molar-refractivity contribution < 1.29 is 82.1 Å². The quantitative estimate of drug-likeness (QED) is 0.0867. The van der Waals surface area contributed by atoms with Crippen LogP contribution in [0.4, 0.5) is 48.3 Å². The molecule has 15 nitrogen and oxygen atoms in total. The van der Waals surface area contributed by atoms with Gasteiger partial charge in [0.15, 0.2) is 22.9 Å². The number of aromatic nitrogens is 2. The molecular weight excluding hydrogens is 1060 g/mol. The van der Waals surface area contributed by atoms with Gasteiger partial charge in [0, 0.05) is 74.0 Å². The third-order valence-electron chi connectivity index (χ3n) is 13.2. The summed E-state index contributed by atoms with van der Waals surface area (Å²) in [5.41, 5.74) is -3.81. The molecular formula is C52H49F11N6O9. The molecule has 26 heteroatoms. The Hall–Kier alpha value is -8.06. The number of nitrogens with one attached hydrogen (secondary N) is 2. The van der Waals surface area contributed by atoms with Crippen LogP contribution in [0.3, 0.4) is 0 Å². The summed E-state index contributed by atoms with van der Waals surface area (Å²) in [6.07, 6.45) is -0.119. The van der Waals surface area contributed by atoms with Crippen molar-refractivity contribution in [2.45, 2.75) is 96.0 Å². The molecule has 6 heterocycles. The van der Waals surface area contributed by atoms with E-state index < -0.39 is 148 Å². The first kappa shape index (κ1) is 59.2. The van der Waals surface area contributed by atoms with E-state index in [1.807, 2.05) is 0 Å². The maximum Gasteiger partial charge on any atom is 0.446 e. The molecule has 0 unspecified atom stereocenters.